The van der Waals surface area contributed by atoms with Crippen LogP contribution in [0.1, 0.15) is 43.1 Å². The molecule has 3 aromatic rings. The number of pyridine rings is 1. The first kappa shape index (κ1) is 31.0. The lowest BCUT2D eigenvalue weighted by Crippen LogP contribution is -2.38. The van der Waals surface area contributed by atoms with Gasteiger partial charge in [-0.3, -0.25) is 9.69 Å². The van der Waals surface area contributed by atoms with Crippen LogP contribution in [-0.2, 0) is 11.2 Å². The molecule has 0 aliphatic rings. The minimum Gasteiger partial charge on any atom is -0.481 e. The number of anilines is 3. The van der Waals surface area contributed by atoms with Crippen LogP contribution in [0.2, 0.25) is 5.02 Å². The molecule has 0 saturated heterocycles. The van der Waals surface area contributed by atoms with E-state index < -0.39 is 35.1 Å². The van der Waals surface area contributed by atoms with E-state index in [1.54, 1.807) is 20.8 Å². The predicted octanol–water partition coefficient (Wildman–Crippen LogP) is 7.13. The molecular formula is C27H27BrClF3N4O4. The first-order valence-electron chi connectivity index (χ1n) is 12.0. The summed E-state index contributed by atoms with van der Waals surface area (Å²) < 4.78 is 52.9. The van der Waals surface area contributed by atoms with Crippen LogP contribution in [-0.4, -0.2) is 36.2 Å². The van der Waals surface area contributed by atoms with Gasteiger partial charge in [0.05, 0.1) is 23.4 Å². The number of carbonyl (C=O) groups is 2. The quantitative estimate of drug-likeness (QED) is 0.200. The van der Waals surface area contributed by atoms with E-state index in [0.717, 1.165) is 23.1 Å². The Balaban J connectivity index is 1.99. The molecule has 0 bridgehead atoms. The van der Waals surface area contributed by atoms with Gasteiger partial charge in [0.15, 0.2) is 17.5 Å². The van der Waals surface area contributed by atoms with Crippen molar-refractivity contribution in [1.82, 2.24) is 4.98 Å². The maximum atomic E-state index is 14.4. The third-order valence-electron chi connectivity index (χ3n) is 5.47. The summed E-state index contributed by atoms with van der Waals surface area (Å²) in [5.41, 5.74) is 5.09. The summed E-state index contributed by atoms with van der Waals surface area (Å²) in [5.74, 6) is -3.43. The van der Waals surface area contributed by atoms with Crippen molar-refractivity contribution in [3.63, 3.8) is 0 Å². The van der Waals surface area contributed by atoms with Crippen molar-refractivity contribution in [3.05, 3.63) is 74.5 Å². The topological polar surface area (TPSA) is 107 Å². The molecule has 0 aliphatic carbocycles. The molecule has 2 aromatic carbocycles. The molecule has 1 heterocycles. The predicted molar refractivity (Wildman–Crippen MR) is 151 cm³/mol. The van der Waals surface area contributed by atoms with Gasteiger partial charge in [-0.05, 0) is 79.9 Å². The molecule has 13 heteroatoms. The van der Waals surface area contributed by atoms with Crippen LogP contribution in [0, 0.1) is 17.5 Å². The van der Waals surface area contributed by atoms with Crippen molar-refractivity contribution >= 4 is 56.7 Å². The van der Waals surface area contributed by atoms with Crippen LogP contribution in [0.5, 0.6) is 5.88 Å². The van der Waals surface area contributed by atoms with Crippen molar-refractivity contribution in [2.75, 3.05) is 29.6 Å². The summed E-state index contributed by atoms with van der Waals surface area (Å²) in [6, 6.07) is 7.31. The second kappa shape index (κ2) is 12.8. The van der Waals surface area contributed by atoms with Crippen molar-refractivity contribution < 1.29 is 32.2 Å². The molecule has 3 N–H and O–H groups in total. The van der Waals surface area contributed by atoms with Crippen LogP contribution in [0.25, 0.3) is 0 Å². The van der Waals surface area contributed by atoms with Crippen LogP contribution in [0.4, 0.5) is 35.2 Å². The van der Waals surface area contributed by atoms with E-state index in [1.807, 2.05) is 0 Å². The molecule has 3 rings (SSSR count). The van der Waals surface area contributed by atoms with E-state index in [1.165, 1.54) is 25.3 Å². The van der Waals surface area contributed by atoms with Gasteiger partial charge in [0, 0.05) is 28.3 Å². The minimum atomic E-state index is -1.07. The fourth-order valence-electron chi connectivity index (χ4n) is 3.61. The van der Waals surface area contributed by atoms with Gasteiger partial charge in [-0.25, -0.2) is 18.0 Å². The number of nitrogens with two attached hydrogens (primary N) is 1. The molecule has 0 fully saturated rings. The Labute approximate surface area is 242 Å². The highest BCUT2D eigenvalue weighted by Crippen LogP contribution is 2.31. The molecule has 2 amide bonds. The first-order valence-corrected chi connectivity index (χ1v) is 13.1. The summed E-state index contributed by atoms with van der Waals surface area (Å²) in [6.45, 7) is 4.93. The molecule has 8 nitrogen and oxygen atoms in total. The molecule has 0 unspecified atom stereocenters. The Morgan fingerprint density at radius 1 is 1.12 bits per heavy atom. The summed E-state index contributed by atoms with van der Waals surface area (Å²) in [4.78, 5) is 31.9. The first-order chi connectivity index (χ1) is 18.7. The van der Waals surface area contributed by atoms with E-state index in [-0.39, 0.29) is 63.1 Å². The lowest BCUT2D eigenvalue weighted by atomic mass is 10.1. The van der Waals surface area contributed by atoms with E-state index in [9.17, 15) is 22.8 Å². The number of aromatic nitrogens is 1. The SMILES string of the molecule is COc1ccc(NC(=O)c2cc(Cl)c(F)cc2Br)c(N(CCCc2c(N)ccc(F)c2F)C(=O)OC(C)(C)C)n1. The number of carbonyl (C=O) groups excluding carboxylic acids is 2. The maximum Gasteiger partial charge on any atom is 0.416 e. The average molecular weight is 644 g/mol. The van der Waals surface area contributed by atoms with E-state index in [2.05, 4.69) is 26.2 Å². The van der Waals surface area contributed by atoms with Gasteiger partial charge in [0.1, 0.15) is 11.4 Å². The second-order valence-electron chi connectivity index (χ2n) is 9.59. The lowest BCUT2D eigenvalue weighted by molar-refractivity contribution is 0.0578. The Kier molecular flexibility index (Phi) is 9.91. The highest BCUT2D eigenvalue weighted by Gasteiger charge is 2.28. The Morgan fingerprint density at radius 2 is 1.82 bits per heavy atom. The number of methoxy groups -OCH3 is 1. The standard InChI is InChI=1S/C27H27BrClF3N4O4/c1-27(2,3)40-26(38)36(11-5-6-14-20(33)8-7-18(30)23(14)32)24-21(9-10-22(35-24)39-4)34-25(37)15-12-17(29)19(31)13-16(15)28/h7-10,12-13H,5-6,11,33H2,1-4H3,(H,34,37). The van der Waals surface area contributed by atoms with Crippen molar-refractivity contribution in [1.29, 1.82) is 0 Å². The largest absolute Gasteiger partial charge is 0.481 e. The van der Waals surface area contributed by atoms with E-state index in [0.29, 0.717) is 0 Å². The summed E-state index contributed by atoms with van der Waals surface area (Å²) in [6.07, 6.45) is -0.709. The maximum absolute atomic E-state index is 14.4. The summed E-state index contributed by atoms with van der Waals surface area (Å²) in [7, 11) is 1.37. The van der Waals surface area contributed by atoms with Gasteiger partial charge >= 0.3 is 6.09 Å². The average Bonchev–Trinajstić information content (AvgIpc) is 2.87. The number of ether oxygens (including phenoxy) is 2. The van der Waals surface area contributed by atoms with Gasteiger partial charge < -0.3 is 20.5 Å². The number of rotatable bonds is 8. The number of nitrogens with zero attached hydrogens (tertiary/aromatic N) is 2. The lowest BCUT2D eigenvalue weighted by Gasteiger charge is -2.28. The van der Waals surface area contributed by atoms with Crippen LogP contribution in [0.15, 0.2) is 40.9 Å². The van der Waals surface area contributed by atoms with E-state index in [4.69, 9.17) is 26.8 Å². The molecule has 40 heavy (non-hydrogen) atoms. The number of nitrogen functional groups attached to an aromatic ring is 1. The van der Waals surface area contributed by atoms with Crippen molar-refractivity contribution in [2.45, 2.75) is 39.2 Å². The Morgan fingerprint density at radius 3 is 2.48 bits per heavy atom. The summed E-state index contributed by atoms with van der Waals surface area (Å²) >= 11 is 9.01. The Bertz CT molecular complexity index is 1440. The van der Waals surface area contributed by atoms with Gasteiger partial charge in [0.25, 0.3) is 5.91 Å². The summed E-state index contributed by atoms with van der Waals surface area (Å²) in [5, 5.41) is 2.39. The zero-order valence-corrected chi connectivity index (χ0v) is 24.4. The fraction of sp³-hybridized carbons (Fsp3) is 0.296. The number of nitrogens with one attached hydrogen (secondary N) is 1. The van der Waals surface area contributed by atoms with Crippen LogP contribution < -0.4 is 20.7 Å². The fourth-order valence-corrected chi connectivity index (χ4v) is 4.27. The highest BCUT2D eigenvalue weighted by molar-refractivity contribution is 9.10. The van der Waals surface area contributed by atoms with Crippen LogP contribution in [0.3, 0.4) is 0 Å². The molecule has 1 aromatic heterocycles. The molecule has 0 atom stereocenters. The monoisotopic (exact) mass is 642 g/mol. The minimum absolute atomic E-state index is 0.0125. The molecule has 0 radical (unpaired) electrons. The van der Waals surface area contributed by atoms with Gasteiger partial charge in [0.2, 0.25) is 5.88 Å². The van der Waals surface area contributed by atoms with Gasteiger partial charge in [-0.2, -0.15) is 4.98 Å². The zero-order valence-electron chi connectivity index (χ0n) is 22.1. The van der Waals surface area contributed by atoms with Crippen molar-refractivity contribution in [3.8, 4) is 5.88 Å². The third kappa shape index (κ3) is 7.57. The van der Waals surface area contributed by atoms with Gasteiger partial charge in [-0.1, -0.05) is 11.6 Å². The second-order valence-corrected chi connectivity index (χ2v) is 10.9. The molecule has 0 aliphatic heterocycles. The number of hydrogen-bond acceptors (Lipinski definition) is 6. The smallest absolute Gasteiger partial charge is 0.416 e. The highest BCUT2D eigenvalue weighted by atomic mass is 79.9. The molecule has 0 spiro atoms. The van der Waals surface area contributed by atoms with E-state index >= 15 is 0 Å². The number of hydrogen-bond donors (Lipinski definition) is 2. The third-order valence-corrected chi connectivity index (χ3v) is 6.42. The normalized spacial score (nSPS) is 11.2. The zero-order chi connectivity index (χ0) is 29.8. The molecule has 0 saturated carbocycles. The number of amides is 2. The Hall–Kier alpha value is -3.51. The number of halogens is 5. The molecular weight excluding hydrogens is 617 g/mol. The van der Waals surface area contributed by atoms with Crippen LogP contribution >= 0.6 is 27.5 Å². The van der Waals surface area contributed by atoms with Crippen molar-refractivity contribution in [2.24, 2.45) is 0 Å². The number of benzene rings is 2. The molecule has 214 valence electrons. The van der Waals surface area contributed by atoms with Gasteiger partial charge in [-0.15, -0.1) is 0 Å².